The normalized spacial score (nSPS) is 22.1. The second kappa shape index (κ2) is 6.42. The van der Waals surface area contributed by atoms with E-state index in [4.69, 9.17) is 0 Å². The third-order valence-electron chi connectivity index (χ3n) is 5.20. The van der Waals surface area contributed by atoms with Gasteiger partial charge >= 0.3 is 0 Å². The average molecular weight is 357 g/mol. The maximum atomic E-state index is 13.0. The Morgan fingerprint density at radius 2 is 2.08 bits per heavy atom. The van der Waals surface area contributed by atoms with Crippen LogP contribution in [0.3, 0.4) is 0 Å². The van der Waals surface area contributed by atoms with E-state index >= 15 is 0 Å². The molecule has 2 bridgehead atoms. The molecule has 2 aromatic heterocycles. The molecule has 4 rings (SSSR count). The molecule has 0 saturated carbocycles. The van der Waals surface area contributed by atoms with Crippen molar-refractivity contribution in [3.8, 4) is 10.4 Å². The van der Waals surface area contributed by atoms with E-state index < -0.39 is 0 Å². The van der Waals surface area contributed by atoms with Crippen LogP contribution in [0.1, 0.15) is 18.0 Å². The number of nitrogens with zero attached hydrogens (tertiary/aromatic N) is 3. The molecule has 2 aliphatic rings. The number of carbonyl (C=O) groups excluding carboxylic acids is 1. The van der Waals surface area contributed by atoms with Crippen LogP contribution >= 0.6 is 11.3 Å². The Bertz CT molecular complexity index is 841. The Balaban J connectivity index is 1.64. The summed E-state index contributed by atoms with van der Waals surface area (Å²) in [4.78, 5) is 30.4. The molecule has 25 heavy (non-hydrogen) atoms. The van der Waals surface area contributed by atoms with Crippen molar-refractivity contribution in [3.05, 3.63) is 45.7 Å². The van der Waals surface area contributed by atoms with Gasteiger partial charge in [0, 0.05) is 36.1 Å². The van der Waals surface area contributed by atoms with Crippen LogP contribution < -0.4 is 5.56 Å². The summed E-state index contributed by atoms with van der Waals surface area (Å²) in [6, 6.07) is 8.03. The number of fused-ring (bicyclic) bond motifs is 4. The molecule has 2 aromatic rings. The number of amides is 1. The number of thiophene rings is 1. The fraction of sp³-hybridized carbons (Fsp3) is 0.474. The molecule has 0 aromatic carbocycles. The van der Waals surface area contributed by atoms with E-state index in [1.54, 1.807) is 11.3 Å². The van der Waals surface area contributed by atoms with Gasteiger partial charge in [0.15, 0.2) is 0 Å². The molecule has 0 N–H and O–H groups in total. The third kappa shape index (κ3) is 3.04. The minimum atomic E-state index is 0.114. The van der Waals surface area contributed by atoms with Crippen molar-refractivity contribution in [2.75, 3.05) is 33.7 Å². The minimum absolute atomic E-state index is 0.114. The lowest BCUT2D eigenvalue weighted by atomic mass is 9.83. The monoisotopic (exact) mass is 357 g/mol. The van der Waals surface area contributed by atoms with Gasteiger partial charge in [-0.05, 0) is 50.0 Å². The Hall–Kier alpha value is -1.92. The lowest BCUT2D eigenvalue weighted by Gasteiger charge is -2.43. The zero-order valence-electron chi connectivity index (χ0n) is 14.6. The van der Waals surface area contributed by atoms with E-state index in [1.165, 1.54) is 0 Å². The molecule has 4 heterocycles. The van der Waals surface area contributed by atoms with Crippen molar-refractivity contribution in [2.45, 2.75) is 18.9 Å². The Kier molecular flexibility index (Phi) is 4.25. The number of aromatic nitrogens is 1. The van der Waals surface area contributed by atoms with E-state index in [2.05, 4.69) is 6.07 Å². The number of likely N-dealkylation sites (tertiary alicyclic amines) is 1. The number of pyridine rings is 1. The molecule has 132 valence electrons. The van der Waals surface area contributed by atoms with Crippen LogP contribution in [0.4, 0.5) is 0 Å². The standard InChI is InChI=1S/C19H23N3O2S/c1-20(2)12-18(23)21-9-13-8-14(11-21)16-6-5-15(17-4-3-7-25-17)19(24)22(16)10-13/h3-7,13-14H,8-12H2,1-2H3. The number of likely N-dealkylation sites (N-methyl/N-ethyl adjacent to an activating group) is 1. The van der Waals surface area contributed by atoms with Crippen LogP contribution in [-0.2, 0) is 11.3 Å². The first kappa shape index (κ1) is 16.5. The lowest BCUT2D eigenvalue weighted by molar-refractivity contribution is -0.134. The van der Waals surface area contributed by atoms with Crippen molar-refractivity contribution in [1.82, 2.24) is 14.4 Å². The van der Waals surface area contributed by atoms with Gasteiger partial charge in [-0.2, -0.15) is 0 Å². The van der Waals surface area contributed by atoms with Crippen molar-refractivity contribution in [1.29, 1.82) is 0 Å². The molecule has 1 saturated heterocycles. The summed E-state index contributed by atoms with van der Waals surface area (Å²) in [5, 5.41) is 2.00. The van der Waals surface area contributed by atoms with Crippen LogP contribution in [0.5, 0.6) is 0 Å². The topological polar surface area (TPSA) is 45.6 Å². The van der Waals surface area contributed by atoms with E-state index in [0.29, 0.717) is 12.5 Å². The van der Waals surface area contributed by atoms with Crippen LogP contribution in [0.25, 0.3) is 10.4 Å². The number of piperidine rings is 1. The summed E-state index contributed by atoms with van der Waals surface area (Å²) < 4.78 is 1.96. The smallest absolute Gasteiger partial charge is 0.259 e. The molecule has 2 aliphatic heterocycles. The third-order valence-corrected chi connectivity index (χ3v) is 6.10. The van der Waals surface area contributed by atoms with Gasteiger partial charge in [-0.25, -0.2) is 0 Å². The molecule has 0 radical (unpaired) electrons. The van der Waals surface area contributed by atoms with Crippen LogP contribution in [0.2, 0.25) is 0 Å². The van der Waals surface area contributed by atoms with Crippen molar-refractivity contribution in [2.24, 2.45) is 5.92 Å². The van der Waals surface area contributed by atoms with Crippen LogP contribution in [-0.4, -0.2) is 54.0 Å². The van der Waals surface area contributed by atoms with Gasteiger partial charge in [0.25, 0.3) is 5.56 Å². The first-order valence-corrected chi connectivity index (χ1v) is 9.61. The number of hydrogen-bond donors (Lipinski definition) is 0. The predicted molar refractivity (Wildman–Crippen MR) is 100.0 cm³/mol. The van der Waals surface area contributed by atoms with Gasteiger partial charge in [-0.3, -0.25) is 9.59 Å². The zero-order valence-corrected chi connectivity index (χ0v) is 15.5. The lowest BCUT2D eigenvalue weighted by Crippen LogP contribution is -2.51. The van der Waals surface area contributed by atoms with Gasteiger partial charge in [0.05, 0.1) is 12.1 Å². The highest BCUT2D eigenvalue weighted by Crippen LogP contribution is 2.36. The van der Waals surface area contributed by atoms with Gasteiger partial charge in [-0.15, -0.1) is 11.3 Å². The van der Waals surface area contributed by atoms with E-state index in [0.717, 1.165) is 42.2 Å². The molecule has 0 spiro atoms. The summed E-state index contributed by atoms with van der Waals surface area (Å²) in [6.45, 7) is 2.65. The van der Waals surface area contributed by atoms with E-state index in [-0.39, 0.29) is 17.4 Å². The largest absolute Gasteiger partial charge is 0.341 e. The molecular formula is C19H23N3O2S. The highest BCUT2D eigenvalue weighted by molar-refractivity contribution is 7.13. The Labute approximate surface area is 151 Å². The second-order valence-electron chi connectivity index (χ2n) is 7.40. The Morgan fingerprint density at radius 3 is 2.80 bits per heavy atom. The first-order chi connectivity index (χ1) is 12.0. The predicted octanol–water partition coefficient (Wildman–Crippen LogP) is 2.08. The van der Waals surface area contributed by atoms with Crippen molar-refractivity contribution in [3.63, 3.8) is 0 Å². The van der Waals surface area contributed by atoms with Gasteiger partial charge < -0.3 is 14.4 Å². The first-order valence-electron chi connectivity index (χ1n) is 8.73. The highest BCUT2D eigenvalue weighted by atomic mass is 32.1. The summed E-state index contributed by atoms with van der Waals surface area (Å²) >= 11 is 1.60. The van der Waals surface area contributed by atoms with Crippen LogP contribution in [0, 0.1) is 5.92 Å². The van der Waals surface area contributed by atoms with Crippen molar-refractivity contribution < 1.29 is 4.79 Å². The van der Waals surface area contributed by atoms with E-state index in [1.807, 2.05) is 52.0 Å². The summed E-state index contributed by atoms with van der Waals surface area (Å²) in [5.74, 6) is 0.822. The van der Waals surface area contributed by atoms with Crippen LogP contribution in [0.15, 0.2) is 34.4 Å². The summed E-state index contributed by atoms with van der Waals surface area (Å²) in [6.07, 6.45) is 1.07. The van der Waals surface area contributed by atoms with Gasteiger partial charge in [0.2, 0.25) is 5.91 Å². The maximum absolute atomic E-state index is 13.0. The highest BCUT2D eigenvalue weighted by Gasteiger charge is 2.36. The molecule has 1 fully saturated rings. The molecule has 1 amide bonds. The molecule has 2 unspecified atom stereocenters. The quantitative estimate of drug-likeness (QED) is 0.845. The number of carbonyl (C=O) groups is 1. The van der Waals surface area contributed by atoms with Crippen molar-refractivity contribution >= 4 is 17.2 Å². The van der Waals surface area contributed by atoms with E-state index in [9.17, 15) is 9.59 Å². The van der Waals surface area contributed by atoms with Gasteiger partial charge in [-0.1, -0.05) is 6.07 Å². The second-order valence-corrected chi connectivity index (χ2v) is 8.35. The number of hydrogen-bond acceptors (Lipinski definition) is 4. The SMILES string of the molecule is CN(C)CC(=O)N1CC2CC(C1)c1ccc(-c3cccs3)c(=O)n1C2. The molecule has 0 aliphatic carbocycles. The molecule has 2 atom stereocenters. The minimum Gasteiger partial charge on any atom is -0.341 e. The fourth-order valence-electron chi connectivity index (χ4n) is 4.14. The molecule has 5 nitrogen and oxygen atoms in total. The summed E-state index contributed by atoms with van der Waals surface area (Å²) in [5.41, 5.74) is 1.99. The van der Waals surface area contributed by atoms with Gasteiger partial charge in [0.1, 0.15) is 0 Å². The summed E-state index contributed by atoms with van der Waals surface area (Å²) in [7, 11) is 3.84. The fourth-order valence-corrected chi connectivity index (χ4v) is 4.88. The Morgan fingerprint density at radius 1 is 1.24 bits per heavy atom. The number of rotatable bonds is 3. The zero-order chi connectivity index (χ0) is 17.6. The molecule has 6 heteroatoms. The molecular weight excluding hydrogens is 334 g/mol. The maximum Gasteiger partial charge on any atom is 0.259 e. The average Bonchev–Trinajstić information content (AvgIpc) is 3.09.